The molecule has 5 heteroatoms. The van der Waals surface area contributed by atoms with E-state index in [9.17, 15) is 8.42 Å². The van der Waals surface area contributed by atoms with Crippen LogP contribution in [0, 0.1) is 0 Å². The first-order chi connectivity index (χ1) is 9.10. The third-order valence-electron chi connectivity index (χ3n) is 2.95. The third-order valence-corrected chi connectivity index (χ3v) is 6.06. The molecule has 1 aromatic heterocycles. The van der Waals surface area contributed by atoms with Crippen LogP contribution in [0.25, 0.3) is 10.9 Å². The summed E-state index contributed by atoms with van der Waals surface area (Å²) >= 11 is 2.02. The number of halogens is 1. The van der Waals surface area contributed by atoms with E-state index in [0.717, 1.165) is 10.9 Å². The van der Waals surface area contributed by atoms with Crippen LogP contribution in [0.1, 0.15) is 0 Å². The van der Waals surface area contributed by atoms with E-state index in [0.29, 0.717) is 9.92 Å². The highest BCUT2D eigenvalue weighted by Gasteiger charge is 2.22. The van der Waals surface area contributed by atoms with Crippen LogP contribution >= 0.6 is 22.9 Å². The monoisotopic (exact) mass is 383 g/mol. The highest BCUT2D eigenvalue weighted by Crippen LogP contribution is 2.29. The van der Waals surface area contributed by atoms with Crippen LogP contribution in [0.2, 0.25) is 0 Å². The van der Waals surface area contributed by atoms with Gasteiger partial charge < -0.3 is 0 Å². The first kappa shape index (κ1) is 12.7. The predicted octanol–water partition coefficient (Wildman–Crippen LogP) is 3.67. The fraction of sp³-hybridized carbons (Fsp3) is 0. The summed E-state index contributed by atoms with van der Waals surface area (Å²) in [4.78, 5) is 0.315. The van der Waals surface area contributed by atoms with Crippen LogP contribution in [0.5, 0.6) is 0 Å². The van der Waals surface area contributed by atoms with Crippen molar-refractivity contribution in [2.75, 3.05) is 0 Å². The Morgan fingerprint density at radius 3 is 2.21 bits per heavy atom. The summed E-state index contributed by atoms with van der Waals surface area (Å²) in [6.45, 7) is 0. The van der Waals surface area contributed by atoms with Crippen molar-refractivity contribution >= 4 is 43.6 Å². The number of aromatic nitrogens is 1. The van der Waals surface area contributed by atoms with Crippen molar-refractivity contribution in [2.24, 2.45) is 0 Å². The van der Waals surface area contributed by atoms with Gasteiger partial charge in [0, 0.05) is 5.39 Å². The lowest BCUT2D eigenvalue weighted by atomic mass is 10.3. The Morgan fingerprint density at radius 2 is 1.53 bits per heavy atom. The van der Waals surface area contributed by atoms with Gasteiger partial charge in [-0.1, -0.05) is 36.4 Å². The molecule has 2 aromatic carbocycles. The molecule has 0 aliphatic carbocycles. The molecule has 0 bridgehead atoms. The van der Waals surface area contributed by atoms with Crippen LogP contribution in [0.4, 0.5) is 0 Å². The number of fused-ring (bicyclic) bond motifs is 1. The van der Waals surface area contributed by atoms with E-state index in [1.165, 1.54) is 0 Å². The van der Waals surface area contributed by atoms with Crippen molar-refractivity contribution in [3.05, 3.63) is 60.7 Å². The second-order valence-corrected chi connectivity index (χ2v) is 7.00. The zero-order valence-corrected chi connectivity index (χ0v) is 12.8. The molecule has 0 spiro atoms. The molecular weight excluding hydrogens is 373 g/mol. The minimum absolute atomic E-state index is 0.306. The van der Waals surface area contributed by atoms with Gasteiger partial charge in [0.2, 0.25) is 9.84 Å². The molecule has 0 amide bonds. The van der Waals surface area contributed by atoms with Crippen LogP contribution in [0.3, 0.4) is 0 Å². The van der Waals surface area contributed by atoms with Gasteiger partial charge >= 0.3 is 0 Å². The smallest absolute Gasteiger partial charge is 0.222 e. The quantitative estimate of drug-likeness (QED) is 0.634. The minimum Gasteiger partial charge on any atom is -0.272 e. The average Bonchev–Trinajstić information content (AvgIpc) is 2.78. The summed E-state index contributed by atoms with van der Waals surface area (Å²) < 4.78 is 26.9. The largest absolute Gasteiger partial charge is 0.272 e. The number of benzene rings is 2. The maximum atomic E-state index is 12.6. The summed E-state index contributed by atoms with van der Waals surface area (Å²) in [7, 11) is -3.48. The molecular formula is C14H10INO2S. The number of nitrogens with zero attached hydrogens (tertiary/aromatic N) is 1. The fourth-order valence-electron chi connectivity index (χ4n) is 2.00. The zero-order valence-electron chi connectivity index (χ0n) is 9.82. The Labute approximate surface area is 125 Å². The SMILES string of the molecule is O=S(=O)(c1ccccc1)c1cc2ccccc2n1I. The van der Waals surface area contributed by atoms with E-state index >= 15 is 0 Å². The lowest BCUT2D eigenvalue weighted by Crippen LogP contribution is -2.04. The van der Waals surface area contributed by atoms with E-state index in [2.05, 4.69) is 0 Å². The van der Waals surface area contributed by atoms with Crippen molar-refractivity contribution in [1.82, 2.24) is 2.78 Å². The normalized spacial score (nSPS) is 11.8. The van der Waals surface area contributed by atoms with Crippen molar-refractivity contribution in [3.63, 3.8) is 0 Å². The van der Waals surface area contributed by atoms with Gasteiger partial charge in [-0.05, 0) is 24.3 Å². The van der Waals surface area contributed by atoms with Crippen LogP contribution in [-0.2, 0) is 9.84 Å². The molecule has 0 N–H and O–H groups in total. The Kier molecular flexibility index (Phi) is 3.10. The molecule has 0 aliphatic heterocycles. The van der Waals surface area contributed by atoms with Gasteiger partial charge in [-0.25, -0.2) is 8.42 Å². The van der Waals surface area contributed by atoms with Crippen molar-refractivity contribution in [2.45, 2.75) is 9.92 Å². The number of hydrogen-bond donors (Lipinski definition) is 0. The molecule has 1 heterocycles. The average molecular weight is 383 g/mol. The first-order valence-electron chi connectivity index (χ1n) is 5.67. The van der Waals surface area contributed by atoms with Crippen LogP contribution < -0.4 is 0 Å². The summed E-state index contributed by atoms with van der Waals surface area (Å²) in [6, 6.07) is 17.8. The third kappa shape index (κ3) is 2.06. The fourth-order valence-corrected chi connectivity index (χ4v) is 4.71. The van der Waals surface area contributed by atoms with E-state index in [4.69, 9.17) is 0 Å². The molecule has 19 heavy (non-hydrogen) atoms. The minimum atomic E-state index is -3.48. The van der Waals surface area contributed by atoms with E-state index < -0.39 is 9.84 Å². The van der Waals surface area contributed by atoms with Gasteiger partial charge in [0.1, 0.15) is 5.03 Å². The van der Waals surface area contributed by atoms with E-state index in [1.54, 1.807) is 39.2 Å². The predicted molar refractivity (Wildman–Crippen MR) is 83.2 cm³/mol. The van der Waals surface area contributed by atoms with E-state index in [1.807, 2.05) is 47.1 Å². The van der Waals surface area contributed by atoms with Gasteiger partial charge in [-0.2, -0.15) is 0 Å². The maximum Gasteiger partial charge on any atom is 0.222 e. The molecule has 0 radical (unpaired) electrons. The molecule has 3 nitrogen and oxygen atoms in total. The highest BCUT2D eigenvalue weighted by atomic mass is 127. The topological polar surface area (TPSA) is 39.1 Å². The Balaban J connectivity index is 2.28. The van der Waals surface area contributed by atoms with Gasteiger partial charge in [0.15, 0.2) is 0 Å². The molecule has 3 rings (SSSR count). The van der Waals surface area contributed by atoms with Crippen LogP contribution in [-0.4, -0.2) is 11.2 Å². The number of hydrogen-bond acceptors (Lipinski definition) is 2. The number of rotatable bonds is 2. The molecule has 0 saturated carbocycles. The maximum absolute atomic E-state index is 12.6. The molecule has 0 unspecified atom stereocenters. The molecule has 0 fully saturated rings. The van der Waals surface area contributed by atoms with Crippen molar-refractivity contribution in [1.29, 1.82) is 0 Å². The molecule has 3 aromatic rings. The van der Waals surface area contributed by atoms with Gasteiger partial charge in [-0.15, -0.1) is 0 Å². The summed E-state index contributed by atoms with van der Waals surface area (Å²) in [5, 5.41) is 1.23. The Bertz CT molecular complexity index is 838. The highest BCUT2D eigenvalue weighted by molar-refractivity contribution is 14.1. The molecule has 96 valence electrons. The Morgan fingerprint density at radius 1 is 0.895 bits per heavy atom. The van der Waals surface area contributed by atoms with Gasteiger partial charge in [-0.3, -0.25) is 2.78 Å². The second kappa shape index (κ2) is 4.64. The summed E-state index contributed by atoms with van der Waals surface area (Å²) in [6.07, 6.45) is 0. The van der Waals surface area contributed by atoms with Crippen LogP contribution in [0.15, 0.2) is 70.6 Å². The summed E-state index contributed by atoms with van der Waals surface area (Å²) in [5.41, 5.74) is 0.901. The number of para-hydroxylation sites is 1. The number of sulfone groups is 1. The van der Waals surface area contributed by atoms with E-state index in [-0.39, 0.29) is 0 Å². The van der Waals surface area contributed by atoms with Gasteiger partial charge in [0.25, 0.3) is 0 Å². The first-order valence-corrected chi connectivity index (χ1v) is 8.12. The van der Waals surface area contributed by atoms with Gasteiger partial charge in [0.05, 0.1) is 33.3 Å². The molecule has 0 atom stereocenters. The standard InChI is InChI=1S/C14H10INO2S/c15-16-13-9-5-4-6-11(13)10-14(16)19(17,18)12-7-2-1-3-8-12/h1-10H. The second-order valence-electron chi connectivity index (χ2n) is 4.14. The summed E-state index contributed by atoms with van der Waals surface area (Å²) in [5.74, 6) is 0. The van der Waals surface area contributed by atoms with Crippen molar-refractivity contribution < 1.29 is 8.42 Å². The lowest BCUT2D eigenvalue weighted by molar-refractivity contribution is 0.593. The molecule has 0 aliphatic rings. The zero-order chi connectivity index (χ0) is 13.5. The molecule has 0 saturated heterocycles. The lowest BCUT2D eigenvalue weighted by Gasteiger charge is -2.04. The van der Waals surface area contributed by atoms with Crippen molar-refractivity contribution in [3.8, 4) is 0 Å². The Hall–Kier alpha value is -1.34.